The minimum Gasteiger partial charge on any atom is -0.0867 e. The maximum atomic E-state index is 2.65. The first kappa shape index (κ1) is 44.1. The zero-order valence-corrected chi connectivity index (χ0v) is 43.4. The smallest absolute Gasteiger partial charge is 0.0695 e. The molecule has 288 valence electrons. The molecule has 0 saturated heterocycles. The Morgan fingerprint density at radius 3 is 0.370 bits per heavy atom. The van der Waals surface area contributed by atoms with E-state index in [0.717, 1.165) is 0 Å². The van der Waals surface area contributed by atoms with Crippen LogP contribution in [0.5, 0.6) is 0 Å². The largest absolute Gasteiger partial charge is 0.0867 e. The molecule has 0 fully saturated rings. The van der Waals surface area contributed by atoms with Crippen molar-refractivity contribution in [1.29, 1.82) is 0 Å². The lowest BCUT2D eigenvalue weighted by molar-refractivity contribution is 1.58. The molecule has 7 rings (SSSR count). The summed E-state index contributed by atoms with van der Waals surface area (Å²) < 4.78 is 0. The van der Waals surface area contributed by atoms with Gasteiger partial charge in [0.25, 0.3) is 0 Å². The zero-order valence-electron chi connectivity index (χ0n) is 37.4. The summed E-state index contributed by atoms with van der Waals surface area (Å²) in [5.74, 6) is 0. The van der Waals surface area contributed by atoms with Crippen molar-refractivity contribution in [2.24, 2.45) is 0 Å². The summed E-state index contributed by atoms with van der Waals surface area (Å²) in [7, 11) is -9.71. The molecule has 7 aromatic rings. The number of fused-ring (bicyclic) bond motifs is 3. The van der Waals surface area contributed by atoms with E-state index in [1.807, 2.05) is 0 Å². The molecule has 6 bridgehead atoms. The fraction of sp³-hybridized carbons (Fsp3) is 0.375. The third kappa shape index (κ3) is 13.3. The molecule has 54 heavy (non-hydrogen) atoms. The lowest BCUT2D eigenvalue weighted by Crippen LogP contribution is -2.35. The molecular formula is C48H72Si6. The van der Waals surface area contributed by atoms with E-state index in [4.69, 9.17) is 0 Å². The first-order valence-electron chi connectivity index (χ1n) is 20.2. The van der Waals surface area contributed by atoms with Crippen LogP contribution in [-0.4, -0.2) is 48.4 Å². The van der Waals surface area contributed by atoms with Crippen LogP contribution in [-0.2, 0) is 0 Å². The van der Waals surface area contributed by atoms with Crippen LogP contribution in [0, 0.1) is 0 Å². The van der Waals surface area contributed by atoms with Gasteiger partial charge in [-0.1, -0.05) is 225 Å². The van der Waals surface area contributed by atoms with Gasteiger partial charge in [-0.25, -0.2) is 0 Å². The molecule has 0 aromatic heterocycles. The molecule has 0 N–H and O–H groups in total. The van der Waals surface area contributed by atoms with Gasteiger partial charge in [-0.05, 0) is 63.6 Å². The van der Waals surface area contributed by atoms with Gasteiger partial charge < -0.3 is 0 Å². The summed E-state index contributed by atoms with van der Waals surface area (Å²) in [6.07, 6.45) is 0. The first-order chi connectivity index (χ1) is 24.5. The van der Waals surface area contributed by atoms with Crippen LogP contribution >= 0.6 is 0 Å². The van der Waals surface area contributed by atoms with E-state index in [9.17, 15) is 0 Å². The summed E-state index contributed by atoms with van der Waals surface area (Å²) in [6.45, 7) is 44.5. The molecule has 0 atom stereocenters. The van der Waals surface area contributed by atoms with Crippen molar-refractivity contribution < 1.29 is 0 Å². The summed E-state index contributed by atoms with van der Waals surface area (Å²) in [5, 5.41) is 16.3. The Balaban J connectivity index is 2.63. The Bertz CT molecular complexity index is 2010. The van der Waals surface area contributed by atoms with Crippen molar-refractivity contribution in [3.8, 4) is 0 Å². The highest BCUT2D eigenvalue weighted by molar-refractivity contribution is 6.91. The number of benzene rings is 3. The molecule has 0 aliphatic rings. The van der Waals surface area contributed by atoms with E-state index >= 15 is 0 Å². The summed E-state index contributed by atoms with van der Waals surface area (Å²) >= 11 is 0. The van der Waals surface area contributed by atoms with Crippen molar-refractivity contribution in [3.05, 3.63) is 104 Å². The second kappa shape index (κ2) is 16.1. The fourth-order valence-electron chi connectivity index (χ4n) is 6.99. The number of hydrogen-bond donors (Lipinski definition) is 0. The van der Waals surface area contributed by atoms with Crippen LogP contribution in [0.3, 0.4) is 0 Å². The molecule has 0 nitrogen and oxygen atoms in total. The monoisotopic (exact) mass is 816 g/mol. The van der Waals surface area contributed by atoms with Crippen molar-refractivity contribution in [2.75, 3.05) is 0 Å². The van der Waals surface area contributed by atoms with Crippen LogP contribution in [0.15, 0.2) is 72.8 Å². The highest BCUT2D eigenvalue weighted by atomic mass is 28.3. The van der Waals surface area contributed by atoms with Gasteiger partial charge in [-0.2, -0.15) is 0 Å². The Hall–Kier alpha value is -2.60. The second-order valence-electron chi connectivity index (χ2n) is 22.3. The molecule has 0 heterocycles. The molecule has 0 radical (unpaired) electrons. The minimum atomic E-state index is -1.62. The van der Waals surface area contributed by atoms with Crippen LogP contribution in [0.4, 0.5) is 0 Å². The molecule has 6 heteroatoms. The summed E-state index contributed by atoms with van der Waals surface area (Å²) in [5.41, 5.74) is 15.9. The maximum absolute atomic E-state index is 2.65. The number of rotatable bonds is 6. The predicted octanol–water partition coefficient (Wildman–Crippen LogP) is 10.8. The molecule has 0 saturated carbocycles. The molecule has 7 aromatic carbocycles. The lowest BCUT2D eigenvalue weighted by atomic mass is 10.1. The van der Waals surface area contributed by atoms with E-state index in [1.54, 1.807) is 0 Å². The summed E-state index contributed by atoms with van der Waals surface area (Å²) in [4.78, 5) is 0. The Morgan fingerprint density at radius 1 is 0.204 bits per heavy atom. The van der Waals surface area contributed by atoms with Crippen LogP contribution < -0.4 is 31.3 Å². The van der Waals surface area contributed by atoms with Gasteiger partial charge in [0.2, 0.25) is 0 Å². The van der Waals surface area contributed by atoms with Gasteiger partial charge in [0.15, 0.2) is 0 Å². The molecular weight excluding hydrogens is 745 g/mol. The third-order valence-electron chi connectivity index (χ3n) is 8.86. The summed E-state index contributed by atoms with van der Waals surface area (Å²) in [6, 6.07) is 29.1. The van der Waals surface area contributed by atoms with E-state index in [2.05, 4.69) is 225 Å². The first-order valence-corrected chi connectivity index (χ1v) is 41.6. The van der Waals surface area contributed by atoms with Gasteiger partial charge in [0.05, 0.1) is 48.4 Å². The van der Waals surface area contributed by atoms with E-state index in [-0.39, 0.29) is 0 Å². The van der Waals surface area contributed by atoms with Crippen molar-refractivity contribution in [2.45, 2.75) is 118 Å². The lowest BCUT2D eigenvalue weighted by Gasteiger charge is -2.14. The predicted molar refractivity (Wildman–Crippen MR) is 270 cm³/mol. The van der Waals surface area contributed by atoms with Crippen molar-refractivity contribution in [1.82, 2.24) is 0 Å². The molecule has 0 aliphatic carbocycles. The normalized spacial score (nSPS) is 15.9. The SMILES string of the molecule is C[Si](C)(C)/C=c1/c(=C/[Si](C)(C)C)c2ccc(cc2)c(=C\[Si](C)(C)C)/c(=C/[Si](C)(C)C)c2ccc(cc2)c(=C\[Si](C)(C)C)/c(=C/[Si](C)(C)C)c2ccc1cc2. The minimum absolute atomic E-state index is 1.32. The molecule has 0 aliphatic heterocycles. The van der Waals surface area contributed by atoms with E-state index in [0.29, 0.717) is 0 Å². The quantitative estimate of drug-likeness (QED) is 0.170. The third-order valence-corrected chi connectivity index (χ3v) is 15.8. The van der Waals surface area contributed by atoms with Gasteiger partial charge in [0.1, 0.15) is 0 Å². The van der Waals surface area contributed by atoms with Gasteiger partial charge in [0, 0.05) is 0 Å². The van der Waals surface area contributed by atoms with Crippen LogP contribution in [0.2, 0.25) is 118 Å². The fourth-order valence-corrected chi connectivity index (χ4v) is 14.1. The van der Waals surface area contributed by atoms with E-state index in [1.165, 1.54) is 63.6 Å². The zero-order chi connectivity index (χ0) is 40.7. The molecule has 0 unspecified atom stereocenters. The molecule has 0 amide bonds. The number of hydrogen-bond acceptors (Lipinski definition) is 0. The van der Waals surface area contributed by atoms with Crippen LogP contribution in [0.25, 0.3) is 66.5 Å². The van der Waals surface area contributed by atoms with Crippen LogP contribution in [0.1, 0.15) is 0 Å². The Morgan fingerprint density at radius 2 is 0.296 bits per heavy atom. The highest BCUT2D eigenvalue weighted by Crippen LogP contribution is 2.11. The average molecular weight is 818 g/mol. The van der Waals surface area contributed by atoms with Crippen molar-refractivity contribution >= 4 is 115 Å². The standard InChI is InChI=1S/C48H72Si6/c1-49(2,3)31-43-37-19-21-39(22-20-37)45(33-51(7,8)9)47(35-53(13,14)15)41-27-29-42(30-28-41)48(36-54(16,17)18)46(34-52(10,11)12)40-25-23-38(24-26-40)44(43)32-50(4,5)6/h19-36H,1-18H3/b43-31+,44-32+,45-33+,46-34+,47-35+,48-36+. The van der Waals surface area contributed by atoms with Gasteiger partial charge in [-0.15, -0.1) is 0 Å². The second-order valence-corrected chi connectivity index (χ2v) is 52.4. The Labute approximate surface area is 334 Å². The van der Waals surface area contributed by atoms with Gasteiger partial charge >= 0.3 is 0 Å². The average Bonchev–Trinajstić information content (AvgIpc) is 2.99. The maximum Gasteiger partial charge on any atom is 0.0695 e. The van der Waals surface area contributed by atoms with Crippen molar-refractivity contribution in [3.63, 3.8) is 0 Å². The van der Waals surface area contributed by atoms with Gasteiger partial charge in [-0.3, -0.25) is 0 Å². The van der Waals surface area contributed by atoms with E-state index < -0.39 is 48.4 Å². The highest BCUT2D eigenvalue weighted by Gasteiger charge is 2.15. The Kier molecular flexibility index (Phi) is 13.2. The molecule has 0 spiro atoms. The topological polar surface area (TPSA) is 0 Å².